The summed E-state index contributed by atoms with van der Waals surface area (Å²) in [6, 6.07) is 7.53. The summed E-state index contributed by atoms with van der Waals surface area (Å²) in [7, 11) is 0. The first kappa shape index (κ1) is 17.3. The predicted octanol–water partition coefficient (Wildman–Crippen LogP) is 2.46. The zero-order valence-electron chi connectivity index (χ0n) is 11.5. The van der Waals surface area contributed by atoms with Crippen molar-refractivity contribution in [3.8, 4) is 5.75 Å². The molecule has 1 aromatic carbocycles. The van der Waals surface area contributed by atoms with Crippen LogP contribution in [0.3, 0.4) is 0 Å². The van der Waals surface area contributed by atoms with Gasteiger partial charge in [-0.1, -0.05) is 15.9 Å². The van der Waals surface area contributed by atoms with Gasteiger partial charge in [0.1, 0.15) is 5.75 Å². The van der Waals surface area contributed by atoms with Crippen LogP contribution in [-0.4, -0.2) is 43.1 Å². The second-order valence-electron chi connectivity index (χ2n) is 4.64. The summed E-state index contributed by atoms with van der Waals surface area (Å²) in [6.45, 7) is 5.21. The van der Waals surface area contributed by atoms with Gasteiger partial charge in [-0.3, -0.25) is 4.79 Å². The number of ether oxygens (including phenoxy) is 1. The van der Waals surface area contributed by atoms with Gasteiger partial charge in [0.25, 0.3) is 5.91 Å². The lowest BCUT2D eigenvalue weighted by atomic mass is 10.3. The molecular formula is C14H20BrClN2O2. The largest absolute Gasteiger partial charge is 0.481 e. The van der Waals surface area contributed by atoms with Crippen molar-refractivity contribution < 1.29 is 9.53 Å². The minimum atomic E-state index is -0.445. The number of halogens is 2. The topological polar surface area (TPSA) is 41.6 Å². The highest BCUT2D eigenvalue weighted by atomic mass is 79.9. The fraction of sp³-hybridized carbons (Fsp3) is 0.500. The Kier molecular flexibility index (Phi) is 7.34. The number of carbonyl (C=O) groups is 1. The Bertz CT molecular complexity index is 420. The van der Waals surface area contributed by atoms with E-state index in [-0.39, 0.29) is 18.3 Å². The van der Waals surface area contributed by atoms with Crippen molar-refractivity contribution in [2.24, 2.45) is 0 Å². The van der Waals surface area contributed by atoms with Gasteiger partial charge >= 0.3 is 0 Å². The molecule has 1 unspecified atom stereocenters. The molecule has 1 saturated heterocycles. The average Bonchev–Trinajstić information content (AvgIpc) is 2.69. The van der Waals surface area contributed by atoms with Gasteiger partial charge < -0.3 is 15.0 Å². The fourth-order valence-corrected chi connectivity index (χ4v) is 2.36. The van der Waals surface area contributed by atoms with E-state index in [0.29, 0.717) is 0 Å². The molecule has 1 aromatic rings. The molecule has 0 saturated carbocycles. The Balaban J connectivity index is 0.00000200. The van der Waals surface area contributed by atoms with Crippen LogP contribution in [-0.2, 0) is 4.79 Å². The Hall–Kier alpha value is -0.780. The van der Waals surface area contributed by atoms with Gasteiger partial charge in [-0.15, -0.1) is 12.4 Å². The molecule has 112 valence electrons. The summed E-state index contributed by atoms with van der Waals surface area (Å²) in [5.41, 5.74) is 0. The zero-order chi connectivity index (χ0) is 13.7. The van der Waals surface area contributed by atoms with E-state index in [0.717, 1.165) is 42.8 Å². The second-order valence-corrected chi connectivity index (χ2v) is 5.56. The van der Waals surface area contributed by atoms with Crippen molar-refractivity contribution in [2.45, 2.75) is 19.4 Å². The highest BCUT2D eigenvalue weighted by Gasteiger charge is 2.22. The van der Waals surface area contributed by atoms with Gasteiger partial charge in [0.15, 0.2) is 6.10 Å². The molecule has 1 heterocycles. The van der Waals surface area contributed by atoms with Gasteiger partial charge in [0.2, 0.25) is 0 Å². The summed E-state index contributed by atoms with van der Waals surface area (Å²) in [5, 5.41) is 3.29. The van der Waals surface area contributed by atoms with E-state index in [1.807, 2.05) is 36.1 Å². The molecule has 1 aliphatic heterocycles. The molecule has 0 bridgehead atoms. The lowest BCUT2D eigenvalue weighted by molar-refractivity contribution is -0.137. The van der Waals surface area contributed by atoms with Crippen LogP contribution in [0.15, 0.2) is 28.7 Å². The van der Waals surface area contributed by atoms with Crippen LogP contribution in [0.4, 0.5) is 0 Å². The summed E-state index contributed by atoms with van der Waals surface area (Å²) in [6.07, 6.45) is 0.552. The van der Waals surface area contributed by atoms with Crippen LogP contribution in [0, 0.1) is 0 Å². The average molecular weight is 364 g/mol. The van der Waals surface area contributed by atoms with E-state index in [2.05, 4.69) is 21.2 Å². The first-order chi connectivity index (χ1) is 9.16. The van der Waals surface area contributed by atoms with Crippen molar-refractivity contribution in [3.63, 3.8) is 0 Å². The number of hydrogen-bond donors (Lipinski definition) is 1. The second kappa shape index (κ2) is 8.49. The highest BCUT2D eigenvalue weighted by molar-refractivity contribution is 9.10. The summed E-state index contributed by atoms with van der Waals surface area (Å²) >= 11 is 3.37. The van der Waals surface area contributed by atoms with Crippen molar-refractivity contribution in [1.82, 2.24) is 10.2 Å². The monoisotopic (exact) mass is 362 g/mol. The molecule has 0 aromatic heterocycles. The molecule has 0 spiro atoms. The molecule has 0 aliphatic carbocycles. The normalized spacial score (nSPS) is 16.8. The lowest BCUT2D eigenvalue weighted by Gasteiger charge is -2.24. The van der Waals surface area contributed by atoms with Crippen LogP contribution in [0.1, 0.15) is 13.3 Å². The van der Waals surface area contributed by atoms with Crippen molar-refractivity contribution in [1.29, 1.82) is 0 Å². The molecule has 1 atom stereocenters. The third-order valence-corrected chi connectivity index (χ3v) is 3.65. The van der Waals surface area contributed by atoms with Crippen molar-refractivity contribution in [2.75, 3.05) is 26.2 Å². The number of carbonyl (C=O) groups excluding carboxylic acids is 1. The smallest absolute Gasteiger partial charge is 0.263 e. The Labute approximate surface area is 134 Å². The van der Waals surface area contributed by atoms with Gasteiger partial charge in [0, 0.05) is 24.1 Å². The molecule has 2 rings (SSSR count). The Morgan fingerprint density at radius 1 is 1.30 bits per heavy atom. The maximum Gasteiger partial charge on any atom is 0.263 e. The van der Waals surface area contributed by atoms with Crippen LogP contribution >= 0.6 is 28.3 Å². The summed E-state index contributed by atoms with van der Waals surface area (Å²) in [4.78, 5) is 14.2. The number of nitrogens with one attached hydrogen (secondary N) is 1. The third kappa shape index (κ3) is 4.96. The quantitative estimate of drug-likeness (QED) is 0.897. The maximum absolute atomic E-state index is 12.3. The van der Waals surface area contributed by atoms with Crippen molar-refractivity contribution >= 4 is 34.2 Å². The van der Waals surface area contributed by atoms with E-state index < -0.39 is 6.10 Å². The standard InChI is InChI=1S/C14H19BrN2O2.ClH/c1-11(19-13-5-3-12(15)4-6-13)14(18)17-9-2-7-16-8-10-17;/h3-6,11,16H,2,7-10H2,1H3;1H. The van der Waals surface area contributed by atoms with Gasteiger partial charge in [-0.25, -0.2) is 0 Å². The van der Waals surface area contributed by atoms with Crippen LogP contribution in [0.5, 0.6) is 5.75 Å². The first-order valence-corrected chi connectivity index (χ1v) is 7.38. The molecule has 1 aliphatic rings. The number of benzene rings is 1. The van der Waals surface area contributed by atoms with Gasteiger partial charge in [0.05, 0.1) is 0 Å². The van der Waals surface area contributed by atoms with Crippen LogP contribution in [0.25, 0.3) is 0 Å². The van der Waals surface area contributed by atoms with E-state index in [4.69, 9.17) is 4.74 Å². The molecule has 1 N–H and O–H groups in total. The summed E-state index contributed by atoms with van der Waals surface area (Å²) in [5.74, 6) is 0.781. The Morgan fingerprint density at radius 2 is 2.00 bits per heavy atom. The Morgan fingerprint density at radius 3 is 2.70 bits per heavy atom. The minimum Gasteiger partial charge on any atom is -0.481 e. The molecule has 0 radical (unpaired) electrons. The lowest BCUT2D eigenvalue weighted by Crippen LogP contribution is -2.42. The number of amides is 1. The van der Waals surface area contributed by atoms with E-state index >= 15 is 0 Å². The molecular weight excluding hydrogens is 344 g/mol. The number of rotatable bonds is 3. The predicted molar refractivity (Wildman–Crippen MR) is 85.5 cm³/mol. The number of hydrogen-bond acceptors (Lipinski definition) is 3. The SMILES string of the molecule is CC(Oc1ccc(Br)cc1)C(=O)N1CCCNCC1.Cl. The third-order valence-electron chi connectivity index (χ3n) is 3.13. The zero-order valence-corrected chi connectivity index (χ0v) is 13.9. The molecule has 20 heavy (non-hydrogen) atoms. The number of nitrogens with zero attached hydrogens (tertiary/aromatic N) is 1. The fourth-order valence-electron chi connectivity index (χ4n) is 2.09. The molecule has 4 nitrogen and oxygen atoms in total. The van der Waals surface area contributed by atoms with E-state index in [1.54, 1.807) is 0 Å². The van der Waals surface area contributed by atoms with E-state index in [1.165, 1.54) is 0 Å². The molecule has 1 amide bonds. The first-order valence-electron chi connectivity index (χ1n) is 6.58. The molecule has 1 fully saturated rings. The highest BCUT2D eigenvalue weighted by Crippen LogP contribution is 2.17. The molecule has 6 heteroatoms. The van der Waals surface area contributed by atoms with Crippen LogP contribution in [0.2, 0.25) is 0 Å². The van der Waals surface area contributed by atoms with Crippen LogP contribution < -0.4 is 10.1 Å². The maximum atomic E-state index is 12.3. The van der Waals surface area contributed by atoms with Gasteiger partial charge in [-0.05, 0) is 44.2 Å². The van der Waals surface area contributed by atoms with Crippen molar-refractivity contribution in [3.05, 3.63) is 28.7 Å². The van der Waals surface area contributed by atoms with Gasteiger partial charge in [-0.2, -0.15) is 0 Å². The summed E-state index contributed by atoms with van der Waals surface area (Å²) < 4.78 is 6.69. The van der Waals surface area contributed by atoms with E-state index in [9.17, 15) is 4.79 Å². The minimum absolute atomic E-state index is 0.